The van der Waals surface area contributed by atoms with Gasteiger partial charge in [-0.05, 0) is 6.92 Å². The van der Waals surface area contributed by atoms with E-state index < -0.39 is 23.2 Å². The number of alkyl halides is 1. The van der Waals surface area contributed by atoms with E-state index in [0.29, 0.717) is 0 Å². The standard InChI is InChI=1S/C11H11ClF2N2O2/c1-2-18-11(17)10-7(13)3-6(4-8(10)14)16-9(15)5-12/h3-4H,2,5H2,1H3,(H2,15,16). The van der Waals surface area contributed by atoms with Gasteiger partial charge in [0.2, 0.25) is 0 Å². The Labute approximate surface area is 107 Å². The molecule has 18 heavy (non-hydrogen) atoms. The van der Waals surface area contributed by atoms with Gasteiger partial charge in [-0.1, -0.05) is 0 Å². The van der Waals surface area contributed by atoms with Gasteiger partial charge in [0, 0.05) is 12.1 Å². The van der Waals surface area contributed by atoms with Crippen LogP contribution in [0.15, 0.2) is 17.1 Å². The van der Waals surface area contributed by atoms with Gasteiger partial charge in [0.15, 0.2) is 0 Å². The molecular weight excluding hydrogens is 266 g/mol. The van der Waals surface area contributed by atoms with Gasteiger partial charge in [-0.2, -0.15) is 0 Å². The number of benzene rings is 1. The Kier molecular flexibility index (Phi) is 5.03. The molecule has 1 rings (SSSR count). The van der Waals surface area contributed by atoms with E-state index in [4.69, 9.17) is 17.3 Å². The summed E-state index contributed by atoms with van der Waals surface area (Å²) in [5.41, 5.74) is 4.52. The fourth-order valence-electron chi connectivity index (χ4n) is 1.22. The fraction of sp³-hybridized carbons (Fsp3) is 0.273. The molecule has 1 aromatic carbocycles. The summed E-state index contributed by atoms with van der Waals surface area (Å²) in [5, 5.41) is 0. The molecule has 4 nitrogen and oxygen atoms in total. The maximum absolute atomic E-state index is 13.6. The third-order valence-electron chi connectivity index (χ3n) is 1.92. The molecule has 0 fully saturated rings. The maximum Gasteiger partial charge on any atom is 0.344 e. The van der Waals surface area contributed by atoms with Crippen LogP contribution in [-0.2, 0) is 4.74 Å². The summed E-state index contributed by atoms with van der Waals surface area (Å²) in [7, 11) is 0. The van der Waals surface area contributed by atoms with E-state index in [1.807, 2.05) is 0 Å². The highest BCUT2D eigenvalue weighted by molar-refractivity contribution is 6.28. The van der Waals surface area contributed by atoms with Crippen molar-refractivity contribution in [2.45, 2.75) is 6.92 Å². The lowest BCUT2D eigenvalue weighted by Crippen LogP contribution is -2.13. The van der Waals surface area contributed by atoms with Crippen molar-refractivity contribution in [1.29, 1.82) is 0 Å². The van der Waals surface area contributed by atoms with E-state index in [9.17, 15) is 13.6 Å². The quantitative estimate of drug-likeness (QED) is 0.397. The molecule has 7 heteroatoms. The van der Waals surface area contributed by atoms with Crippen molar-refractivity contribution in [2.75, 3.05) is 12.5 Å². The second kappa shape index (κ2) is 6.30. The number of halogens is 3. The number of carbonyl (C=O) groups is 1. The number of rotatable bonds is 4. The number of carbonyl (C=O) groups excluding carboxylic acids is 1. The Morgan fingerprint density at radius 3 is 2.44 bits per heavy atom. The third kappa shape index (κ3) is 3.40. The van der Waals surface area contributed by atoms with Gasteiger partial charge in [0.05, 0.1) is 18.2 Å². The smallest absolute Gasteiger partial charge is 0.344 e. The van der Waals surface area contributed by atoms with E-state index in [0.717, 1.165) is 12.1 Å². The molecule has 0 saturated heterocycles. The van der Waals surface area contributed by atoms with Crippen molar-refractivity contribution >= 4 is 29.1 Å². The summed E-state index contributed by atoms with van der Waals surface area (Å²) in [6.45, 7) is 1.56. The van der Waals surface area contributed by atoms with Gasteiger partial charge in [-0.25, -0.2) is 18.6 Å². The van der Waals surface area contributed by atoms with Crippen LogP contribution in [0, 0.1) is 11.6 Å². The molecule has 0 atom stereocenters. The monoisotopic (exact) mass is 276 g/mol. The van der Waals surface area contributed by atoms with Gasteiger partial charge in [-0.3, -0.25) is 0 Å². The molecule has 0 aliphatic carbocycles. The number of nitrogens with zero attached hydrogens (tertiary/aromatic N) is 1. The average Bonchev–Trinajstić information content (AvgIpc) is 2.28. The summed E-state index contributed by atoms with van der Waals surface area (Å²) in [6, 6.07) is 1.77. The van der Waals surface area contributed by atoms with Crippen molar-refractivity contribution in [3.8, 4) is 0 Å². The van der Waals surface area contributed by atoms with Crippen LogP contribution in [-0.4, -0.2) is 24.3 Å². The predicted octanol–water partition coefficient (Wildman–Crippen LogP) is 2.37. The van der Waals surface area contributed by atoms with Crippen LogP contribution in [0.4, 0.5) is 14.5 Å². The van der Waals surface area contributed by atoms with Crippen LogP contribution in [0.2, 0.25) is 0 Å². The number of esters is 1. The topological polar surface area (TPSA) is 64.7 Å². The minimum atomic E-state index is -1.06. The molecule has 0 spiro atoms. The van der Waals surface area contributed by atoms with Crippen molar-refractivity contribution in [3.05, 3.63) is 29.3 Å². The first kappa shape index (κ1) is 14.4. The lowest BCUT2D eigenvalue weighted by molar-refractivity contribution is 0.0515. The number of ether oxygens (including phenoxy) is 1. The Bertz CT molecular complexity index is 469. The van der Waals surface area contributed by atoms with Crippen molar-refractivity contribution < 1.29 is 18.3 Å². The number of hydrogen-bond acceptors (Lipinski definition) is 3. The number of nitrogens with two attached hydrogens (primary N) is 1. The van der Waals surface area contributed by atoms with Crippen LogP contribution in [0.25, 0.3) is 0 Å². The van der Waals surface area contributed by atoms with Crippen molar-refractivity contribution in [3.63, 3.8) is 0 Å². The molecule has 0 bridgehead atoms. The van der Waals surface area contributed by atoms with E-state index in [2.05, 4.69) is 9.73 Å². The minimum absolute atomic E-state index is 0.0133. The second-order valence-corrected chi connectivity index (χ2v) is 3.51. The Morgan fingerprint density at radius 1 is 1.44 bits per heavy atom. The number of aliphatic imine (C=N–C) groups is 1. The largest absolute Gasteiger partial charge is 0.462 e. The Morgan fingerprint density at radius 2 is 2.00 bits per heavy atom. The van der Waals surface area contributed by atoms with Crippen LogP contribution in [0.3, 0.4) is 0 Å². The molecule has 0 saturated carbocycles. The lowest BCUT2D eigenvalue weighted by Gasteiger charge is -2.05. The summed E-state index contributed by atoms with van der Waals surface area (Å²) in [6.07, 6.45) is 0. The molecule has 0 heterocycles. The minimum Gasteiger partial charge on any atom is -0.462 e. The highest BCUT2D eigenvalue weighted by Gasteiger charge is 2.19. The van der Waals surface area contributed by atoms with Gasteiger partial charge in [0.25, 0.3) is 0 Å². The molecule has 0 aromatic heterocycles. The van der Waals surface area contributed by atoms with E-state index >= 15 is 0 Å². The average molecular weight is 277 g/mol. The highest BCUT2D eigenvalue weighted by Crippen LogP contribution is 2.22. The van der Waals surface area contributed by atoms with E-state index in [1.165, 1.54) is 6.92 Å². The van der Waals surface area contributed by atoms with E-state index in [-0.39, 0.29) is 24.0 Å². The van der Waals surface area contributed by atoms with Gasteiger partial charge in [0.1, 0.15) is 23.0 Å². The van der Waals surface area contributed by atoms with Crippen LogP contribution in [0.5, 0.6) is 0 Å². The second-order valence-electron chi connectivity index (χ2n) is 3.24. The molecule has 0 aliphatic rings. The molecule has 98 valence electrons. The highest BCUT2D eigenvalue weighted by atomic mass is 35.5. The zero-order chi connectivity index (χ0) is 13.7. The molecule has 0 amide bonds. The first-order valence-electron chi connectivity index (χ1n) is 5.04. The Balaban J connectivity index is 3.16. The molecule has 0 radical (unpaired) electrons. The molecule has 2 N–H and O–H groups in total. The zero-order valence-electron chi connectivity index (χ0n) is 9.54. The summed E-state index contributed by atoms with van der Waals surface area (Å²) in [5.74, 6) is -3.24. The summed E-state index contributed by atoms with van der Waals surface area (Å²) in [4.78, 5) is 15.0. The maximum atomic E-state index is 13.6. The SMILES string of the molecule is CCOC(=O)c1c(F)cc(N=C(N)CCl)cc1F. The van der Waals surface area contributed by atoms with E-state index in [1.54, 1.807) is 0 Å². The van der Waals surface area contributed by atoms with Gasteiger partial charge >= 0.3 is 5.97 Å². The number of amidine groups is 1. The molecule has 0 aliphatic heterocycles. The first-order chi connectivity index (χ1) is 8.49. The molecule has 0 unspecified atom stereocenters. The Hall–Kier alpha value is -1.69. The summed E-state index contributed by atoms with van der Waals surface area (Å²) >= 11 is 5.39. The first-order valence-corrected chi connectivity index (χ1v) is 5.58. The van der Waals surface area contributed by atoms with Gasteiger partial charge < -0.3 is 10.5 Å². The lowest BCUT2D eigenvalue weighted by atomic mass is 10.2. The van der Waals surface area contributed by atoms with Crippen LogP contribution < -0.4 is 5.73 Å². The predicted molar refractivity (Wildman–Crippen MR) is 64.3 cm³/mol. The summed E-state index contributed by atoms with van der Waals surface area (Å²) < 4.78 is 31.6. The van der Waals surface area contributed by atoms with Gasteiger partial charge in [-0.15, -0.1) is 11.6 Å². The zero-order valence-corrected chi connectivity index (χ0v) is 10.3. The van der Waals surface area contributed by atoms with Crippen LogP contribution in [0.1, 0.15) is 17.3 Å². The molecular formula is C11H11ClF2N2O2. The third-order valence-corrected chi connectivity index (χ3v) is 2.19. The van der Waals surface area contributed by atoms with Crippen molar-refractivity contribution in [1.82, 2.24) is 0 Å². The normalized spacial score (nSPS) is 11.4. The molecule has 1 aromatic rings. The van der Waals surface area contributed by atoms with Crippen molar-refractivity contribution in [2.24, 2.45) is 10.7 Å². The van der Waals surface area contributed by atoms with Crippen LogP contribution >= 0.6 is 11.6 Å². The fourth-order valence-corrected chi connectivity index (χ4v) is 1.28. The number of hydrogen-bond donors (Lipinski definition) is 1.